The fourth-order valence-corrected chi connectivity index (χ4v) is 3.37. The van der Waals surface area contributed by atoms with Gasteiger partial charge in [-0.2, -0.15) is 0 Å². The molecule has 1 aromatic carbocycles. The Morgan fingerprint density at radius 3 is 2.81 bits per heavy atom. The Labute approximate surface area is 159 Å². The summed E-state index contributed by atoms with van der Waals surface area (Å²) in [6.07, 6.45) is 5.99. The average molecular weight is 370 g/mol. The Morgan fingerprint density at radius 2 is 2.07 bits per heavy atom. The molecule has 0 spiro atoms. The predicted octanol–water partition coefficient (Wildman–Crippen LogP) is 2.07. The van der Waals surface area contributed by atoms with Gasteiger partial charge in [-0.25, -0.2) is 9.97 Å². The summed E-state index contributed by atoms with van der Waals surface area (Å²) >= 11 is 0. The smallest absolute Gasteiger partial charge is 0.225 e. The Kier molecular flexibility index (Phi) is 6.46. The third kappa shape index (κ3) is 4.87. The number of methoxy groups -OCH3 is 2. The van der Waals surface area contributed by atoms with Gasteiger partial charge in [0, 0.05) is 32.0 Å². The van der Waals surface area contributed by atoms with E-state index in [2.05, 4.69) is 20.2 Å². The summed E-state index contributed by atoms with van der Waals surface area (Å²) in [5.74, 6) is 2.31. The van der Waals surface area contributed by atoms with Crippen LogP contribution in [0.15, 0.2) is 36.7 Å². The summed E-state index contributed by atoms with van der Waals surface area (Å²) in [5.41, 5.74) is 1.01. The first-order valence-corrected chi connectivity index (χ1v) is 9.22. The van der Waals surface area contributed by atoms with Crippen molar-refractivity contribution in [2.45, 2.75) is 19.3 Å². The number of nitrogens with one attached hydrogen (secondary N) is 1. The van der Waals surface area contributed by atoms with Crippen LogP contribution in [-0.2, 0) is 11.2 Å². The molecule has 0 unspecified atom stereocenters. The highest BCUT2D eigenvalue weighted by atomic mass is 16.5. The van der Waals surface area contributed by atoms with Crippen molar-refractivity contribution in [3.8, 4) is 11.5 Å². The van der Waals surface area contributed by atoms with Crippen LogP contribution in [0.3, 0.4) is 0 Å². The third-order valence-corrected chi connectivity index (χ3v) is 4.81. The molecule has 1 fully saturated rings. The van der Waals surface area contributed by atoms with Gasteiger partial charge in [-0.3, -0.25) is 4.79 Å². The van der Waals surface area contributed by atoms with E-state index in [1.165, 1.54) is 0 Å². The molecule has 144 valence electrons. The Bertz CT molecular complexity index is 754. The normalized spacial score (nSPS) is 16.7. The summed E-state index contributed by atoms with van der Waals surface area (Å²) in [6, 6.07) is 7.49. The molecular weight excluding hydrogens is 344 g/mol. The largest absolute Gasteiger partial charge is 0.497 e. The maximum atomic E-state index is 12.6. The van der Waals surface area contributed by atoms with Crippen LogP contribution in [-0.4, -0.2) is 49.7 Å². The number of anilines is 1. The molecular formula is C20H26N4O3. The maximum absolute atomic E-state index is 12.6. The van der Waals surface area contributed by atoms with E-state index in [4.69, 9.17) is 9.47 Å². The van der Waals surface area contributed by atoms with Gasteiger partial charge < -0.3 is 19.7 Å². The van der Waals surface area contributed by atoms with E-state index < -0.39 is 0 Å². The van der Waals surface area contributed by atoms with Crippen LogP contribution in [0, 0.1) is 5.92 Å². The van der Waals surface area contributed by atoms with Gasteiger partial charge in [0.05, 0.1) is 20.1 Å². The number of carbonyl (C=O) groups excluding carboxylic acids is 1. The molecule has 0 bridgehead atoms. The summed E-state index contributed by atoms with van der Waals surface area (Å²) in [7, 11) is 3.28. The fraction of sp³-hybridized carbons (Fsp3) is 0.450. The molecule has 3 rings (SSSR count). The van der Waals surface area contributed by atoms with Crippen molar-refractivity contribution in [1.82, 2.24) is 15.3 Å². The highest BCUT2D eigenvalue weighted by Crippen LogP contribution is 2.24. The number of ether oxygens (including phenoxy) is 2. The van der Waals surface area contributed by atoms with Crippen LogP contribution < -0.4 is 19.7 Å². The van der Waals surface area contributed by atoms with E-state index in [1.807, 2.05) is 18.2 Å². The number of aromatic nitrogens is 2. The number of piperidine rings is 1. The van der Waals surface area contributed by atoms with Crippen molar-refractivity contribution in [2.75, 3.05) is 38.8 Å². The molecule has 27 heavy (non-hydrogen) atoms. The van der Waals surface area contributed by atoms with E-state index in [9.17, 15) is 4.79 Å². The lowest BCUT2D eigenvalue weighted by atomic mass is 9.97. The predicted molar refractivity (Wildman–Crippen MR) is 103 cm³/mol. The van der Waals surface area contributed by atoms with Crippen molar-refractivity contribution in [3.63, 3.8) is 0 Å². The molecule has 0 radical (unpaired) electrons. The van der Waals surface area contributed by atoms with Crippen molar-refractivity contribution in [3.05, 3.63) is 42.2 Å². The van der Waals surface area contributed by atoms with Gasteiger partial charge in [-0.05, 0) is 49.1 Å². The lowest BCUT2D eigenvalue weighted by Gasteiger charge is -2.31. The van der Waals surface area contributed by atoms with E-state index >= 15 is 0 Å². The molecule has 0 saturated carbocycles. The monoisotopic (exact) mass is 370 g/mol. The van der Waals surface area contributed by atoms with Gasteiger partial charge in [0.25, 0.3) is 0 Å². The molecule has 1 aliphatic heterocycles. The second-order valence-corrected chi connectivity index (χ2v) is 6.55. The van der Waals surface area contributed by atoms with Gasteiger partial charge in [-0.1, -0.05) is 0 Å². The highest BCUT2D eigenvalue weighted by molar-refractivity contribution is 5.79. The van der Waals surface area contributed by atoms with Gasteiger partial charge in [0.2, 0.25) is 11.9 Å². The quantitative estimate of drug-likeness (QED) is 0.804. The molecule has 1 atom stereocenters. The Balaban J connectivity index is 1.53. The summed E-state index contributed by atoms with van der Waals surface area (Å²) in [4.78, 5) is 23.3. The molecule has 2 aromatic rings. The van der Waals surface area contributed by atoms with E-state index in [0.29, 0.717) is 25.5 Å². The number of nitrogens with zero attached hydrogens (tertiary/aromatic N) is 3. The lowest BCUT2D eigenvalue weighted by molar-refractivity contribution is -0.125. The van der Waals surface area contributed by atoms with Crippen LogP contribution in [0.25, 0.3) is 0 Å². The average Bonchev–Trinajstić information content (AvgIpc) is 2.74. The first kappa shape index (κ1) is 18.9. The molecule has 1 N–H and O–H groups in total. The van der Waals surface area contributed by atoms with Gasteiger partial charge >= 0.3 is 0 Å². The van der Waals surface area contributed by atoms with Crippen molar-refractivity contribution >= 4 is 11.9 Å². The van der Waals surface area contributed by atoms with Crippen molar-refractivity contribution in [1.29, 1.82) is 0 Å². The zero-order valence-electron chi connectivity index (χ0n) is 15.9. The maximum Gasteiger partial charge on any atom is 0.225 e. The van der Waals surface area contributed by atoms with Crippen LogP contribution in [0.4, 0.5) is 5.95 Å². The second-order valence-electron chi connectivity index (χ2n) is 6.55. The number of rotatable bonds is 7. The van der Waals surface area contributed by atoms with Gasteiger partial charge in [0.1, 0.15) is 11.5 Å². The van der Waals surface area contributed by atoms with Gasteiger partial charge in [0.15, 0.2) is 0 Å². The van der Waals surface area contributed by atoms with E-state index in [1.54, 1.807) is 32.7 Å². The minimum atomic E-state index is -0.0465. The van der Waals surface area contributed by atoms with E-state index in [0.717, 1.165) is 36.4 Å². The topological polar surface area (TPSA) is 76.6 Å². The zero-order valence-corrected chi connectivity index (χ0v) is 15.9. The zero-order chi connectivity index (χ0) is 19.1. The van der Waals surface area contributed by atoms with Crippen LogP contribution >= 0.6 is 0 Å². The lowest BCUT2D eigenvalue weighted by Crippen LogP contribution is -2.44. The molecule has 0 aliphatic carbocycles. The van der Waals surface area contributed by atoms with E-state index in [-0.39, 0.29) is 11.8 Å². The molecule has 7 heteroatoms. The van der Waals surface area contributed by atoms with Crippen molar-refractivity contribution < 1.29 is 14.3 Å². The minimum Gasteiger partial charge on any atom is -0.497 e. The van der Waals surface area contributed by atoms with Crippen molar-refractivity contribution in [2.24, 2.45) is 5.92 Å². The Hall–Kier alpha value is -2.83. The number of hydrogen-bond acceptors (Lipinski definition) is 6. The highest BCUT2D eigenvalue weighted by Gasteiger charge is 2.26. The summed E-state index contributed by atoms with van der Waals surface area (Å²) < 4.78 is 10.7. The molecule has 2 heterocycles. The molecule has 1 aliphatic rings. The first-order valence-electron chi connectivity index (χ1n) is 9.22. The SMILES string of the molecule is COc1ccc(OC)c(CCNC(=O)[C@H]2CCCN(c3ncccn3)C2)c1. The second kappa shape index (κ2) is 9.21. The van der Waals surface area contributed by atoms with Gasteiger partial charge in [-0.15, -0.1) is 0 Å². The summed E-state index contributed by atoms with van der Waals surface area (Å²) in [6.45, 7) is 2.09. The molecule has 1 saturated heterocycles. The fourth-order valence-electron chi connectivity index (χ4n) is 3.37. The number of benzene rings is 1. The standard InChI is InChI=1S/C20H26N4O3/c1-26-17-6-7-18(27-2)15(13-17)8-11-21-19(25)16-5-3-12-24(14-16)20-22-9-4-10-23-20/h4,6-7,9-10,13,16H,3,5,8,11-12,14H2,1-2H3,(H,21,25)/t16-/m0/s1. The van der Waals surface area contributed by atoms with Crippen LogP contribution in [0.1, 0.15) is 18.4 Å². The third-order valence-electron chi connectivity index (χ3n) is 4.81. The molecule has 7 nitrogen and oxygen atoms in total. The van der Waals surface area contributed by atoms with Crippen LogP contribution in [0.5, 0.6) is 11.5 Å². The summed E-state index contributed by atoms with van der Waals surface area (Å²) in [5, 5.41) is 3.06. The number of hydrogen-bond donors (Lipinski definition) is 1. The Morgan fingerprint density at radius 1 is 1.26 bits per heavy atom. The first-order chi connectivity index (χ1) is 13.2. The van der Waals surface area contributed by atoms with Crippen LogP contribution in [0.2, 0.25) is 0 Å². The molecule has 1 aromatic heterocycles. The number of carbonyl (C=O) groups is 1. The number of amides is 1. The molecule has 1 amide bonds. The minimum absolute atomic E-state index is 0.0465.